The molecule has 0 aromatic carbocycles. The van der Waals surface area contributed by atoms with E-state index in [0.29, 0.717) is 0 Å². The number of hydrogen-bond acceptors (Lipinski definition) is 4. The normalized spacial score (nSPS) is 26.6. The van der Waals surface area contributed by atoms with Crippen LogP contribution in [-0.4, -0.2) is 17.6 Å². The molecule has 4 heteroatoms. The molecule has 44 valence electrons. The molecule has 0 spiro atoms. The molecule has 0 fully saturated rings. The van der Waals surface area contributed by atoms with Gasteiger partial charge in [0.1, 0.15) is 0 Å². The fourth-order valence-electron chi connectivity index (χ4n) is 0.328. The first kappa shape index (κ1) is 5.11. The van der Waals surface area contributed by atoms with Gasteiger partial charge in [0.15, 0.2) is 0 Å². The molecule has 0 saturated carbocycles. The van der Waals surface area contributed by atoms with E-state index in [-0.39, 0.29) is 0 Å². The van der Waals surface area contributed by atoms with Gasteiger partial charge in [-0.05, 0) is 0 Å². The summed E-state index contributed by atoms with van der Waals surface area (Å²) in [5.41, 5.74) is 0. The Hall–Kier alpha value is -1.03. The van der Waals surface area contributed by atoms with Crippen LogP contribution in [0, 0.1) is 0 Å². The highest BCUT2D eigenvalue weighted by Gasteiger charge is 2.11. The third-order valence-corrected chi connectivity index (χ3v) is 0.616. The average molecular weight is 116 g/mol. The molecule has 1 aliphatic rings. The van der Waals surface area contributed by atoms with Crippen molar-refractivity contribution in [2.24, 2.45) is 0 Å². The minimum atomic E-state index is -1.42. The van der Waals surface area contributed by atoms with Gasteiger partial charge >= 0.3 is 12.4 Å². The number of carbonyl (C=O) groups is 1. The highest BCUT2D eigenvalue weighted by Crippen LogP contribution is 1.98. The molecule has 0 bridgehead atoms. The Morgan fingerprint density at radius 2 is 2.50 bits per heavy atom. The maximum atomic E-state index is 10.1. The van der Waals surface area contributed by atoms with Crippen LogP contribution < -0.4 is 0 Å². The zero-order valence-corrected chi connectivity index (χ0v) is 3.90. The van der Waals surface area contributed by atoms with Gasteiger partial charge in [0.2, 0.25) is 0 Å². The van der Waals surface area contributed by atoms with Crippen molar-refractivity contribution in [3.63, 3.8) is 0 Å². The quantitative estimate of drug-likeness (QED) is 0.427. The van der Waals surface area contributed by atoms with E-state index >= 15 is 0 Å². The molecule has 0 amide bonds. The molecule has 1 unspecified atom stereocenters. The molecule has 0 aromatic heterocycles. The van der Waals surface area contributed by atoms with Crippen molar-refractivity contribution in [1.29, 1.82) is 0 Å². The van der Waals surface area contributed by atoms with Crippen LogP contribution in [0.1, 0.15) is 0 Å². The maximum absolute atomic E-state index is 10.1. The molecule has 1 N–H and O–H groups in total. The first-order valence-corrected chi connectivity index (χ1v) is 2.00. The van der Waals surface area contributed by atoms with E-state index in [4.69, 9.17) is 5.11 Å². The van der Waals surface area contributed by atoms with E-state index in [1.54, 1.807) is 0 Å². The maximum Gasteiger partial charge on any atom is 0.360 e. The molecule has 0 radical (unpaired) electrons. The summed E-state index contributed by atoms with van der Waals surface area (Å²) in [7, 11) is 0. The van der Waals surface area contributed by atoms with Crippen LogP contribution >= 0.6 is 0 Å². The van der Waals surface area contributed by atoms with E-state index in [2.05, 4.69) is 9.47 Å². The van der Waals surface area contributed by atoms with Crippen molar-refractivity contribution < 1.29 is 19.4 Å². The van der Waals surface area contributed by atoms with Crippen molar-refractivity contribution in [2.75, 3.05) is 0 Å². The van der Waals surface area contributed by atoms with E-state index in [1.165, 1.54) is 0 Å². The molecule has 1 atom stereocenters. The zero-order valence-electron chi connectivity index (χ0n) is 3.90. The van der Waals surface area contributed by atoms with Gasteiger partial charge in [-0.25, -0.2) is 4.79 Å². The third kappa shape index (κ3) is 0.974. The Labute approximate surface area is 45.3 Å². The number of aliphatic hydroxyl groups excluding tert-OH is 1. The van der Waals surface area contributed by atoms with Crippen molar-refractivity contribution in [2.45, 2.75) is 6.48 Å². The van der Waals surface area contributed by atoms with Crippen LogP contribution in [0.25, 0.3) is 0 Å². The Morgan fingerprint density at radius 1 is 1.75 bits per heavy atom. The largest absolute Gasteiger partial charge is 0.440 e. The van der Waals surface area contributed by atoms with E-state index in [1.807, 2.05) is 0 Å². The summed E-state index contributed by atoms with van der Waals surface area (Å²) >= 11 is 0. The number of cyclic esters (lactones) is 1. The van der Waals surface area contributed by atoms with Gasteiger partial charge in [-0.1, -0.05) is 0 Å². The number of aliphatic hydroxyl groups is 1. The topological polar surface area (TPSA) is 55.8 Å². The number of ether oxygens (including phenoxy) is 2. The summed E-state index contributed by atoms with van der Waals surface area (Å²) < 4.78 is 8.37. The summed E-state index contributed by atoms with van der Waals surface area (Å²) in [6, 6.07) is 0. The van der Waals surface area contributed by atoms with Gasteiger partial charge < -0.3 is 14.6 Å². The molecular weight excluding hydrogens is 112 g/mol. The molecule has 1 rings (SSSR count). The first-order chi connectivity index (χ1) is 3.79. The molecule has 0 aromatic rings. The third-order valence-electron chi connectivity index (χ3n) is 0.616. The van der Waals surface area contributed by atoms with Gasteiger partial charge in [0, 0.05) is 0 Å². The molecule has 8 heavy (non-hydrogen) atoms. The average Bonchev–Trinajstić information content (AvgIpc) is 1.64. The van der Waals surface area contributed by atoms with Crippen LogP contribution in [0.15, 0.2) is 12.3 Å². The second kappa shape index (κ2) is 1.83. The monoisotopic (exact) mass is 116 g/mol. The highest BCUT2D eigenvalue weighted by molar-refractivity contribution is 5.82. The van der Waals surface area contributed by atoms with Crippen LogP contribution in [0.4, 0.5) is 0 Å². The van der Waals surface area contributed by atoms with Gasteiger partial charge in [-0.2, -0.15) is 0 Å². The van der Waals surface area contributed by atoms with Crippen LogP contribution in [0.3, 0.4) is 0 Å². The Bertz CT molecular complexity index is 128. The summed E-state index contributed by atoms with van der Waals surface area (Å²) in [5, 5.41) is 8.36. The lowest BCUT2D eigenvalue weighted by Crippen LogP contribution is -2.20. The molecule has 1 heterocycles. The lowest BCUT2D eigenvalue weighted by molar-refractivity contribution is -0.235. The molecule has 1 aliphatic heterocycles. The Morgan fingerprint density at radius 3 is 2.88 bits per heavy atom. The van der Waals surface area contributed by atoms with Crippen molar-refractivity contribution in [1.82, 2.24) is 0 Å². The van der Waals surface area contributed by atoms with Gasteiger partial charge in [0.05, 0.1) is 12.3 Å². The minimum absolute atomic E-state index is 0.594. The van der Waals surface area contributed by atoms with Crippen LogP contribution in [0.2, 0.25) is 0 Å². The van der Waals surface area contributed by atoms with Crippen LogP contribution in [0.5, 0.6) is 0 Å². The van der Waals surface area contributed by atoms with Crippen molar-refractivity contribution >= 4 is 5.97 Å². The minimum Gasteiger partial charge on any atom is -0.440 e. The predicted molar refractivity (Wildman–Crippen MR) is 22.3 cm³/mol. The van der Waals surface area contributed by atoms with E-state index in [9.17, 15) is 4.79 Å². The molecular formula is C4H4O4. The summed E-state index contributed by atoms with van der Waals surface area (Å²) in [6.07, 6.45) is 2.16. The van der Waals surface area contributed by atoms with Crippen molar-refractivity contribution in [3.8, 4) is 0 Å². The molecule has 0 saturated heterocycles. The number of carbonyl (C=O) groups excluding carboxylic acids is 1. The number of esters is 1. The van der Waals surface area contributed by atoms with Gasteiger partial charge in [0.25, 0.3) is 0 Å². The Balaban J connectivity index is 2.54. The fourth-order valence-corrected chi connectivity index (χ4v) is 0.328. The van der Waals surface area contributed by atoms with E-state index in [0.717, 1.165) is 12.3 Å². The second-order valence-corrected chi connectivity index (χ2v) is 1.18. The standard InChI is InChI=1S/C4H4O4/c5-3-1-2-7-4(6)8-3/h1-2,4,6H. The second-order valence-electron chi connectivity index (χ2n) is 1.18. The lowest BCUT2D eigenvalue weighted by atomic mass is 10.6. The fraction of sp³-hybridized carbons (Fsp3) is 0.250. The highest BCUT2D eigenvalue weighted by atomic mass is 16.8. The lowest BCUT2D eigenvalue weighted by Gasteiger charge is -2.12. The number of hydrogen-bond donors (Lipinski definition) is 1. The SMILES string of the molecule is O=C1C=COC(O)O1. The predicted octanol–water partition coefficient (Wildman–Crippen LogP) is -0.651. The van der Waals surface area contributed by atoms with Gasteiger partial charge in [-0.15, -0.1) is 0 Å². The van der Waals surface area contributed by atoms with Crippen molar-refractivity contribution in [3.05, 3.63) is 12.3 Å². The summed E-state index contributed by atoms with van der Waals surface area (Å²) in [5.74, 6) is -0.594. The number of rotatable bonds is 0. The summed E-state index contributed by atoms with van der Waals surface area (Å²) in [4.78, 5) is 10.1. The van der Waals surface area contributed by atoms with Gasteiger partial charge in [-0.3, -0.25) is 0 Å². The zero-order chi connectivity index (χ0) is 5.98. The first-order valence-electron chi connectivity index (χ1n) is 2.00. The van der Waals surface area contributed by atoms with E-state index < -0.39 is 12.4 Å². The summed E-state index contributed by atoms with van der Waals surface area (Å²) in [6.45, 7) is -1.42. The molecule has 4 nitrogen and oxygen atoms in total. The van der Waals surface area contributed by atoms with Crippen LogP contribution in [-0.2, 0) is 14.3 Å². The smallest absolute Gasteiger partial charge is 0.360 e. The molecule has 0 aliphatic carbocycles. The Kier molecular flexibility index (Phi) is 1.17.